The average Bonchev–Trinajstić information content (AvgIpc) is 2.60. The molecule has 4 heterocycles. The Hall–Kier alpha value is -2.03. The van der Waals surface area contributed by atoms with Crippen LogP contribution in [0.1, 0.15) is 12.8 Å². The van der Waals surface area contributed by atoms with Crippen LogP contribution < -0.4 is 14.8 Å². The fraction of sp³-hybridized carbons (Fsp3) is 0.474. The molecule has 9 heteroatoms. The Morgan fingerprint density at radius 1 is 1.00 bits per heavy atom. The summed E-state index contributed by atoms with van der Waals surface area (Å²) in [6.07, 6.45) is 7.66. The van der Waals surface area contributed by atoms with Gasteiger partial charge in [-0.15, -0.1) is 12.4 Å². The van der Waals surface area contributed by atoms with Gasteiger partial charge in [-0.25, -0.2) is 8.78 Å². The first-order valence-electron chi connectivity index (χ1n) is 9.00. The lowest BCUT2D eigenvalue weighted by molar-refractivity contribution is 0.0766. The van der Waals surface area contributed by atoms with Gasteiger partial charge in [-0.3, -0.25) is 14.9 Å². The van der Waals surface area contributed by atoms with Crippen molar-refractivity contribution in [3.05, 3.63) is 48.6 Å². The van der Waals surface area contributed by atoms with Crippen LogP contribution in [-0.4, -0.2) is 60.3 Å². The number of likely N-dealkylation sites (N-methyl/N-ethyl adjacent to an activating group) is 1. The minimum absolute atomic E-state index is 0. The van der Waals surface area contributed by atoms with Crippen molar-refractivity contribution in [2.75, 3.05) is 33.4 Å². The minimum atomic E-state index is -0.362. The molecule has 4 rings (SSSR count). The monoisotopic (exact) mass is 414 g/mol. The van der Waals surface area contributed by atoms with Gasteiger partial charge in [-0.2, -0.15) is 0 Å². The highest BCUT2D eigenvalue weighted by atomic mass is 35.5. The van der Waals surface area contributed by atoms with Crippen LogP contribution in [0, 0.1) is 11.6 Å². The molecule has 0 spiro atoms. The van der Waals surface area contributed by atoms with E-state index in [4.69, 9.17) is 9.47 Å². The molecule has 6 nitrogen and oxygen atoms in total. The molecular weight excluding hydrogens is 390 g/mol. The molecule has 28 heavy (non-hydrogen) atoms. The number of ether oxygens (including phenoxy) is 2. The van der Waals surface area contributed by atoms with Crippen LogP contribution in [0.4, 0.5) is 8.78 Å². The highest BCUT2D eigenvalue weighted by Gasteiger charge is 2.24. The highest BCUT2D eigenvalue weighted by Crippen LogP contribution is 2.17. The minimum Gasteiger partial charge on any atom is -0.490 e. The Balaban J connectivity index is 0.000000194. The molecule has 0 saturated carbocycles. The lowest BCUT2D eigenvalue weighted by atomic mass is 10.1. The first-order chi connectivity index (χ1) is 13.1. The first-order valence-corrected chi connectivity index (χ1v) is 9.00. The van der Waals surface area contributed by atoms with Gasteiger partial charge in [0.25, 0.3) is 0 Å². The SMILES string of the molecule is CN1CC[C@H]1COc1cncc(F)c1.Cl.Fc1cncc(OC[C@@H]2CCN2)c1. The Kier molecular flexibility index (Phi) is 8.82. The van der Waals surface area contributed by atoms with Gasteiger partial charge in [0, 0.05) is 24.2 Å². The molecule has 2 aliphatic heterocycles. The van der Waals surface area contributed by atoms with E-state index in [2.05, 4.69) is 27.2 Å². The predicted molar refractivity (Wildman–Crippen MR) is 104 cm³/mol. The molecule has 2 aromatic heterocycles. The number of likely N-dealkylation sites (tertiary alicyclic amines) is 1. The molecule has 0 amide bonds. The molecule has 0 aromatic carbocycles. The van der Waals surface area contributed by atoms with E-state index >= 15 is 0 Å². The Morgan fingerprint density at radius 3 is 1.96 bits per heavy atom. The van der Waals surface area contributed by atoms with E-state index in [1.807, 2.05) is 0 Å². The molecule has 1 N–H and O–H groups in total. The number of aromatic nitrogens is 2. The predicted octanol–water partition coefficient (Wildman–Crippen LogP) is 2.69. The maximum Gasteiger partial charge on any atom is 0.145 e. The van der Waals surface area contributed by atoms with Crippen LogP contribution in [0.15, 0.2) is 36.9 Å². The largest absolute Gasteiger partial charge is 0.490 e. The quantitative estimate of drug-likeness (QED) is 0.784. The van der Waals surface area contributed by atoms with E-state index in [9.17, 15) is 8.78 Å². The van der Waals surface area contributed by atoms with Gasteiger partial charge in [0.2, 0.25) is 0 Å². The number of halogens is 3. The molecule has 0 radical (unpaired) electrons. The molecule has 2 saturated heterocycles. The van der Waals surface area contributed by atoms with E-state index in [1.54, 1.807) is 0 Å². The summed E-state index contributed by atoms with van der Waals surface area (Å²) in [5.74, 6) is 0.280. The van der Waals surface area contributed by atoms with Gasteiger partial charge >= 0.3 is 0 Å². The van der Waals surface area contributed by atoms with Crippen LogP contribution in [0.3, 0.4) is 0 Å². The van der Waals surface area contributed by atoms with Crippen molar-refractivity contribution < 1.29 is 18.3 Å². The van der Waals surface area contributed by atoms with Crippen molar-refractivity contribution in [3.63, 3.8) is 0 Å². The van der Waals surface area contributed by atoms with Crippen LogP contribution >= 0.6 is 12.4 Å². The Bertz CT molecular complexity index is 737. The summed E-state index contributed by atoms with van der Waals surface area (Å²) >= 11 is 0. The number of hydrogen-bond acceptors (Lipinski definition) is 6. The second kappa shape index (κ2) is 11.1. The molecular formula is C19H25ClF2N4O2. The van der Waals surface area contributed by atoms with E-state index in [0.29, 0.717) is 36.8 Å². The summed E-state index contributed by atoms with van der Waals surface area (Å²) in [6.45, 7) is 3.37. The Labute approximate surface area is 169 Å². The molecule has 2 atom stereocenters. The number of nitrogens with zero attached hydrogens (tertiary/aromatic N) is 3. The zero-order valence-electron chi connectivity index (χ0n) is 15.7. The summed E-state index contributed by atoms with van der Waals surface area (Å²) in [4.78, 5) is 9.61. The zero-order chi connectivity index (χ0) is 19.1. The third-order valence-corrected chi connectivity index (χ3v) is 4.62. The Morgan fingerprint density at radius 2 is 1.57 bits per heavy atom. The first kappa shape index (κ1) is 22.3. The van der Waals surface area contributed by atoms with Crippen molar-refractivity contribution >= 4 is 12.4 Å². The molecule has 0 bridgehead atoms. The van der Waals surface area contributed by atoms with E-state index < -0.39 is 0 Å². The maximum absolute atomic E-state index is 12.7. The molecule has 2 fully saturated rings. The summed E-state index contributed by atoms with van der Waals surface area (Å²) in [5.41, 5.74) is 0. The molecule has 0 aliphatic carbocycles. The number of pyridine rings is 2. The summed E-state index contributed by atoms with van der Waals surface area (Å²) < 4.78 is 36.1. The van der Waals surface area contributed by atoms with Crippen LogP contribution in [0.5, 0.6) is 11.5 Å². The molecule has 2 aromatic rings. The lowest BCUT2D eigenvalue weighted by Gasteiger charge is -2.37. The number of rotatable bonds is 6. The molecule has 0 unspecified atom stereocenters. The highest BCUT2D eigenvalue weighted by molar-refractivity contribution is 5.85. The van der Waals surface area contributed by atoms with Crippen molar-refractivity contribution in [1.82, 2.24) is 20.2 Å². The summed E-state index contributed by atoms with van der Waals surface area (Å²) in [5, 5.41) is 3.19. The number of hydrogen-bond donors (Lipinski definition) is 1. The van der Waals surface area contributed by atoms with E-state index in [0.717, 1.165) is 32.1 Å². The summed E-state index contributed by atoms with van der Waals surface area (Å²) in [7, 11) is 2.06. The molecule has 154 valence electrons. The zero-order valence-corrected chi connectivity index (χ0v) is 16.5. The van der Waals surface area contributed by atoms with Gasteiger partial charge in [0.05, 0.1) is 24.8 Å². The smallest absolute Gasteiger partial charge is 0.145 e. The van der Waals surface area contributed by atoms with Gasteiger partial charge < -0.3 is 14.8 Å². The lowest BCUT2D eigenvalue weighted by Crippen LogP contribution is -2.48. The van der Waals surface area contributed by atoms with Gasteiger partial charge in [-0.1, -0.05) is 0 Å². The van der Waals surface area contributed by atoms with Crippen LogP contribution in [0.2, 0.25) is 0 Å². The third-order valence-electron chi connectivity index (χ3n) is 4.62. The van der Waals surface area contributed by atoms with E-state index in [1.165, 1.54) is 30.7 Å². The van der Waals surface area contributed by atoms with Gasteiger partial charge in [0.1, 0.15) is 36.3 Å². The second-order valence-electron chi connectivity index (χ2n) is 6.66. The average molecular weight is 415 g/mol. The summed E-state index contributed by atoms with van der Waals surface area (Å²) in [6, 6.07) is 3.58. The second-order valence-corrected chi connectivity index (χ2v) is 6.66. The standard InChI is InChI=1S/C10H13FN2O.C9H11FN2O.ClH/c1-13-3-2-9(13)7-14-10-4-8(11)5-12-6-10;10-7-3-9(5-11-4-7)13-6-8-1-2-12-8;/h4-6,9H,2-3,7H2,1H3;3-5,8,12H,1-2,6H2;1H/t9-;8-;/m00./s1. The van der Waals surface area contributed by atoms with Gasteiger partial charge in [-0.05, 0) is 33.0 Å². The normalized spacial score (nSPS) is 20.5. The van der Waals surface area contributed by atoms with Crippen LogP contribution in [-0.2, 0) is 0 Å². The fourth-order valence-electron chi connectivity index (χ4n) is 2.60. The van der Waals surface area contributed by atoms with Crippen molar-refractivity contribution in [2.24, 2.45) is 0 Å². The number of nitrogens with one attached hydrogen (secondary N) is 1. The maximum atomic E-state index is 12.7. The van der Waals surface area contributed by atoms with E-state index in [-0.39, 0.29) is 24.0 Å². The van der Waals surface area contributed by atoms with Gasteiger partial charge in [0.15, 0.2) is 0 Å². The fourth-order valence-corrected chi connectivity index (χ4v) is 2.60. The van der Waals surface area contributed by atoms with Crippen molar-refractivity contribution in [1.29, 1.82) is 0 Å². The third kappa shape index (κ3) is 6.85. The van der Waals surface area contributed by atoms with Crippen molar-refractivity contribution in [2.45, 2.75) is 24.9 Å². The van der Waals surface area contributed by atoms with Crippen molar-refractivity contribution in [3.8, 4) is 11.5 Å². The topological polar surface area (TPSA) is 59.5 Å². The molecule has 2 aliphatic rings. The van der Waals surface area contributed by atoms with Crippen LogP contribution in [0.25, 0.3) is 0 Å².